The molecule has 21 heavy (non-hydrogen) atoms. The lowest BCUT2D eigenvalue weighted by Gasteiger charge is -2.30. The Hall–Kier alpha value is -2.01. The lowest BCUT2D eigenvalue weighted by Crippen LogP contribution is -2.46. The van der Waals surface area contributed by atoms with Gasteiger partial charge in [-0.2, -0.15) is 4.98 Å². The first kappa shape index (κ1) is 12.7. The molecule has 10 heteroatoms. The van der Waals surface area contributed by atoms with Gasteiger partial charge in [-0.3, -0.25) is 14.3 Å². The summed E-state index contributed by atoms with van der Waals surface area (Å²) in [6.07, 6.45) is -0.0686. The summed E-state index contributed by atoms with van der Waals surface area (Å²) in [6, 6.07) is -0.420. The normalized spacial score (nSPS) is 34.9. The fourth-order valence-corrected chi connectivity index (χ4v) is 3.06. The van der Waals surface area contributed by atoms with E-state index in [1.54, 1.807) is 4.57 Å². The Labute approximate surface area is 117 Å². The summed E-state index contributed by atoms with van der Waals surface area (Å²) in [7, 11) is 0. The van der Waals surface area contributed by atoms with Crippen LogP contribution in [-0.2, 0) is 4.74 Å². The number of anilines is 1. The summed E-state index contributed by atoms with van der Waals surface area (Å²) in [4.78, 5) is 22.2. The van der Waals surface area contributed by atoms with E-state index in [0.29, 0.717) is 6.54 Å². The number of hydrogen-bond donors (Lipinski definition) is 5. The van der Waals surface area contributed by atoms with Crippen molar-refractivity contribution in [2.24, 2.45) is 0 Å². The van der Waals surface area contributed by atoms with Crippen LogP contribution in [0.4, 0.5) is 5.95 Å². The molecule has 10 nitrogen and oxygen atoms in total. The number of fused-ring (bicyclic) bond motifs is 3. The number of nitrogens with one attached hydrogen (secondary N) is 2. The summed E-state index contributed by atoms with van der Waals surface area (Å²) < 4.78 is 7.35. The van der Waals surface area contributed by atoms with Gasteiger partial charge in [-0.15, -0.1) is 0 Å². The molecule has 112 valence electrons. The van der Waals surface area contributed by atoms with Gasteiger partial charge in [-0.25, -0.2) is 4.98 Å². The van der Waals surface area contributed by atoms with Crippen LogP contribution in [0.3, 0.4) is 0 Å². The molecule has 2 bridgehead atoms. The molecule has 0 aromatic carbocycles. The van der Waals surface area contributed by atoms with E-state index in [1.165, 1.54) is 6.33 Å². The van der Waals surface area contributed by atoms with Crippen LogP contribution >= 0.6 is 0 Å². The Balaban J connectivity index is 1.84. The number of aromatic amines is 1. The molecule has 0 saturated carbocycles. The largest absolute Gasteiger partial charge is 0.393 e. The van der Waals surface area contributed by atoms with Crippen LogP contribution in [0.15, 0.2) is 11.1 Å². The Morgan fingerprint density at radius 3 is 3.14 bits per heavy atom. The molecule has 4 atom stereocenters. The molecule has 2 saturated heterocycles. The van der Waals surface area contributed by atoms with Crippen LogP contribution in [0.1, 0.15) is 6.23 Å². The Morgan fingerprint density at radius 1 is 1.62 bits per heavy atom. The fourth-order valence-electron chi connectivity index (χ4n) is 3.06. The van der Waals surface area contributed by atoms with Crippen LogP contribution in [0.5, 0.6) is 0 Å². The molecule has 0 unspecified atom stereocenters. The van der Waals surface area contributed by atoms with Crippen molar-refractivity contribution >= 4 is 17.1 Å². The van der Waals surface area contributed by atoms with E-state index in [1.807, 2.05) is 0 Å². The van der Waals surface area contributed by atoms with E-state index in [-0.39, 0.29) is 23.7 Å². The third-order valence-corrected chi connectivity index (χ3v) is 4.17. The number of aliphatic hydroxyl groups is 2. The summed E-state index contributed by atoms with van der Waals surface area (Å²) in [6.45, 7) is 0.0472. The highest BCUT2D eigenvalue weighted by Crippen LogP contribution is 2.41. The van der Waals surface area contributed by atoms with Gasteiger partial charge in [-0.1, -0.05) is 0 Å². The first-order valence-corrected chi connectivity index (χ1v) is 6.48. The summed E-state index contributed by atoms with van der Waals surface area (Å²) in [5.41, 5.74) is 4.49. The Bertz CT molecular complexity index is 772. The van der Waals surface area contributed by atoms with Gasteiger partial charge >= 0.3 is 0 Å². The van der Waals surface area contributed by atoms with Gasteiger partial charge in [0.15, 0.2) is 17.4 Å². The zero-order chi connectivity index (χ0) is 14.8. The maximum absolute atomic E-state index is 11.8. The molecular formula is C11H14N6O4. The van der Waals surface area contributed by atoms with Gasteiger partial charge in [0.05, 0.1) is 19.0 Å². The van der Waals surface area contributed by atoms with Crippen LogP contribution < -0.4 is 16.6 Å². The SMILES string of the molecule is Nc1nc2c(ncn2[C@@H]2O[C@@]3(CO)CN[C@@H]2[C@@H]3O)c(=O)[nH]1. The van der Waals surface area contributed by atoms with Crippen molar-refractivity contribution in [1.29, 1.82) is 0 Å². The second-order valence-corrected chi connectivity index (χ2v) is 5.36. The van der Waals surface area contributed by atoms with Crippen LogP contribution in [0.25, 0.3) is 11.2 Å². The number of aliphatic hydroxyl groups excluding tert-OH is 2. The van der Waals surface area contributed by atoms with E-state index >= 15 is 0 Å². The maximum atomic E-state index is 11.8. The molecule has 4 rings (SSSR count). The molecule has 0 spiro atoms. The summed E-state index contributed by atoms with van der Waals surface area (Å²) in [5, 5.41) is 22.8. The molecule has 6 N–H and O–H groups in total. The predicted octanol–water partition coefficient (Wildman–Crippen LogP) is -2.71. The number of H-pyrrole nitrogens is 1. The van der Waals surface area contributed by atoms with Crippen molar-refractivity contribution in [3.05, 3.63) is 16.7 Å². The zero-order valence-corrected chi connectivity index (χ0v) is 10.9. The molecule has 2 aromatic heterocycles. The monoisotopic (exact) mass is 294 g/mol. The molecule has 2 aliphatic heterocycles. The van der Waals surface area contributed by atoms with Gasteiger partial charge in [0.25, 0.3) is 5.56 Å². The quantitative estimate of drug-likeness (QED) is 0.401. The van der Waals surface area contributed by atoms with Crippen molar-refractivity contribution in [2.45, 2.75) is 24.0 Å². The Kier molecular flexibility index (Phi) is 2.43. The van der Waals surface area contributed by atoms with Gasteiger partial charge in [-0.05, 0) is 0 Å². The first-order chi connectivity index (χ1) is 10.1. The number of rotatable bonds is 2. The van der Waals surface area contributed by atoms with E-state index in [0.717, 1.165) is 0 Å². The van der Waals surface area contributed by atoms with Crippen LogP contribution in [0, 0.1) is 0 Å². The number of morpholine rings is 1. The van der Waals surface area contributed by atoms with E-state index < -0.39 is 29.5 Å². The Morgan fingerprint density at radius 2 is 2.43 bits per heavy atom. The molecular weight excluding hydrogens is 280 g/mol. The second-order valence-electron chi connectivity index (χ2n) is 5.36. The van der Waals surface area contributed by atoms with E-state index in [4.69, 9.17) is 10.5 Å². The van der Waals surface area contributed by atoms with Crippen molar-refractivity contribution in [2.75, 3.05) is 18.9 Å². The number of imidazole rings is 1. The number of nitrogens with two attached hydrogens (primary N) is 1. The van der Waals surface area contributed by atoms with Crippen molar-refractivity contribution in [1.82, 2.24) is 24.8 Å². The average Bonchev–Trinajstić information content (AvgIpc) is 3.09. The number of nitrogens with zero attached hydrogens (tertiary/aromatic N) is 3. The summed E-state index contributed by atoms with van der Waals surface area (Å²) in [5.74, 6) is -0.0252. The fraction of sp³-hybridized carbons (Fsp3) is 0.545. The third-order valence-electron chi connectivity index (χ3n) is 4.17. The molecule has 0 radical (unpaired) electrons. The van der Waals surface area contributed by atoms with Crippen molar-refractivity contribution in [3.63, 3.8) is 0 Å². The average molecular weight is 294 g/mol. The topological polar surface area (TPSA) is 151 Å². The smallest absolute Gasteiger partial charge is 0.280 e. The van der Waals surface area contributed by atoms with Gasteiger partial charge in [0, 0.05) is 6.54 Å². The molecule has 2 fully saturated rings. The molecule has 2 aromatic rings. The van der Waals surface area contributed by atoms with Gasteiger partial charge < -0.3 is 26.0 Å². The van der Waals surface area contributed by atoms with Crippen molar-refractivity contribution < 1.29 is 14.9 Å². The van der Waals surface area contributed by atoms with E-state index in [9.17, 15) is 15.0 Å². The van der Waals surface area contributed by atoms with Gasteiger partial charge in [0.1, 0.15) is 11.7 Å². The van der Waals surface area contributed by atoms with Crippen molar-refractivity contribution in [3.8, 4) is 0 Å². The number of aromatic nitrogens is 4. The molecule has 0 amide bonds. The molecule has 2 aliphatic rings. The molecule has 4 heterocycles. The highest BCUT2D eigenvalue weighted by atomic mass is 16.6. The minimum absolute atomic E-state index is 0.0252. The van der Waals surface area contributed by atoms with E-state index in [2.05, 4.69) is 20.3 Å². The predicted molar refractivity (Wildman–Crippen MR) is 70.3 cm³/mol. The molecule has 0 aliphatic carbocycles. The van der Waals surface area contributed by atoms with Crippen LogP contribution in [-0.4, -0.2) is 60.6 Å². The van der Waals surface area contributed by atoms with Crippen LogP contribution in [0.2, 0.25) is 0 Å². The number of hydrogen-bond acceptors (Lipinski definition) is 8. The highest BCUT2D eigenvalue weighted by molar-refractivity contribution is 5.70. The first-order valence-electron chi connectivity index (χ1n) is 6.48. The maximum Gasteiger partial charge on any atom is 0.280 e. The minimum atomic E-state index is -1.04. The van der Waals surface area contributed by atoms with Gasteiger partial charge in [0.2, 0.25) is 5.95 Å². The summed E-state index contributed by atoms with van der Waals surface area (Å²) >= 11 is 0. The third kappa shape index (κ3) is 1.52. The number of ether oxygens (including phenoxy) is 1. The standard InChI is InChI=1S/C11H14N6O4/c12-10-15-7-5(8(20)16-10)14-3-17(7)9-4-6(19)11(2-18,21-9)1-13-4/h3-4,6,9,13,18-19H,1-2H2,(H3,12,15,16,20)/t4-,6+,9-,11-/m1/s1. The highest BCUT2D eigenvalue weighted by Gasteiger charge is 2.60. The lowest BCUT2D eigenvalue weighted by atomic mass is 10.0. The number of nitrogen functional groups attached to an aromatic ring is 1. The lowest BCUT2D eigenvalue weighted by molar-refractivity contribution is -0.130. The second kappa shape index (κ2) is 4.01. The minimum Gasteiger partial charge on any atom is -0.393 e. The zero-order valence-electron chi connectivity index (χ0n) is 10.9.